The molecular formula is C12H18FNO. The molecule has 15 heavy (non-hydrogen) atoms. The molecule has 1 aromatic carbocycles. The van der Waals surface area contributed by atoms with Crippen molar-refractivity contribution < 1.29 is 9.50 Å². The average molecular weight is 211 g/mol. The zero-order chi connectivity index (χ0) is 11.4. The number of aromatic hydroxyl groups is 1. The molecule has 1 N–H and O–H groups in total. The molecule has 0 saturated carbocycles. The van der Waals surface area contributed by atoms with Crippen LogP contribution in [0.1, 0.15) is 19.4 Å². The minimum Gasteiger partial charge on any atom is -0.505 e. The van der Waals surface area contributed by atoms with Gasteiger partial charge in [0.05, 0.1) is 0 Å². The summed E-state index contributed by atoms with van der Waals surface area (Å²) in [7, 11) is 2.00. The molecule has 0 aliphatic heterocycles. The van der Waals surface area contributed by atoms with Crippen molar-refractivity contribution in [1.82, 2.24) is 4.90 Å². The van der Waals surface area contributed by atoms with E-state index in [4.69, 9.17) is 5.11 Å². The summed E-state index contributed by atoms with van der Waals surface area (Å²) >= 11 is 0. The molecule has 0 radical (unpaired) electrons. The average Bonchev–Trinajstić information content (AvgIpc) is 2.10. The molecule has 0 aliphatic rings. The van der Waals surface area contributed by atoms with Gasteiger partial charge in [0.1, 0.15) is 0 Å². The Bertz CT molecular complexity index is 325. The van der Waals surface area contributed by atoms with Crippen LogP contribution in [0.2, 0.25) is 0 Å². The number of hydrogen-bond donors (Lipinski definition) is 1. The summed E-state index contributed by atoms with van der Waals surface area (Å²) in [6.45, 7) is 5.97. The highest BCUT2D eigenvalue weighted by molar-refractivity contribution is 5.27. The van der Waals surface area contributed by atoms with Gasteiger partial charge in [0.25, 0.3) is 0 Å². The summed E-state index contributed by atoms with van der Waals surface area (Å²) in [4.78, 5) is 2.14. The highest BCUT2D eigenvalue weighted by atomic mass is 19.1. The van der Waals surface area contributed by atoms with E-state index in [2.05, 4.69) is 18.7 Å². The zero-order valence-corrected chi connectivity index (χ0v) is 9.50. The van der Waals surface area contributed by atoms with Crippen molar-refractivity contribution in [3.05, 3.63) is 29.6 Å². The molecule has 0 amide bonds. The van der Waals surface area contributed by atoms with Gasteiger partial charge in [-0.05, 0) is 30.7 Å². The van der Waals surface area contributed by atoms with Gasteiger partial charge in [-0.25, -0.2) is 4.39 Å². The lowest BCUT2D eigenvalue weighted by Crippen LogP contribution is -2.22. The fourth-order valence-electron chi connectivity index (χ4n) is 1.65. The van der Waals surface area contributed by atoms with Crippen LogP contribution in [-0.4, -0.2) is 23.6 Å². The second-order valence-corrected chi connectivity index (χ2v) is 4.38. The molecule has 0 bridgehead atoms. The third-order valence-corrected chi connectivity index (χ3v) is 2.14. The third-order valence-electron chi connectivity index (χ3n) is 2.14. The van der Waals surface area contributed by atoms with Gasteiger partial charge >= 0.3 is 0 Å². The fraction of sp³-hybridized carbons (Fsp3) is 0.500. The first kappa shape index (κ1) is 12.0. The molecule has 0 aromatic heterocycles. The minimum atomic E-state index is -0.551. The lowest BCUT2D eigenvalue weighted by molar-refractivity contribution is 0.288. The van der Waals surface area contributed by atoms with Crippen LogP contribution >= 0.6 is 0 Å². The van der Waals surface area contributed by atoms with Crippen LogP contribution in [0.4, 0.5) is 4.39 Å². The second kappa shape index (κ2) is 5.12. The van der Waals surface area contributed by atoms with Crippen molar-refractivity contribution in [1.29, 1.82) is 0 Å². The number of phenolic OH excluding ortho intramolecular Hbond substituents is 1. The van der Waals surface area contributed by atoms with Crippen molar-refractivity contribution in [2.45, 2.75) is 20.4 Å². The number of nitrogens with zero attached hydrogens (tertiary/aromatic N) is 1. The van der Waals surface area contributed by atoms with E-state index in [0.717, 1.165) is 12.1 Å². The van der Waals surface area contributed by atoms with Gasteiger partial charge in [-0.2, -0.15) is 0 Å². The van der Waals surface area contributed by atoms with Gasteiger partial charge in [-0.3, -0.25) is 0 Å². The van der Waals surface area contributed by atoms with E-state index in [1.165, 1.54) is 12.1 Å². The lowest BCUT2D eigenvalue weighted by atomic mass is 10.1. The van der Waals surface area contributed by atoms with E-state index in [1.54, 1.807) is 6.07 Å². The van der Waals surface area contributed by atoms with Gasteiger partial charge in [-0.15, -0.1) is 0 Å². The van der Waals surface area contributed by atoms with Gasteiger partial charge in [0.2, 0.25) is 0 Å². The lowest BCUT2D eigenvalue weighted by Gasteiger charge is -2.18. The highest BCUT2D eigenvalue weighted by Gasteiger charge is 2.05. The monoisotopic (exact) mass is 211 g/mol. The summed E-state index contributed by atoms with van der Waals surface area (Å²) in [5, 5.41) is 9.03. The van der Waals surface area contributed by atoms with E-state index < -0.39 is 5.82 Å². The predicted octanol–water partition coefficient (Wildman–Crippen LogP) is 2.62. The van der Waals surface area contributed by atoms with Gasteiger partial charge < -0.3 is 10.0 Å². The van der Waals surface area contributed by atoms with Crippen molar-refractivity contribution in [3.63, 3.8) is 0 Å². The van der Waals surface area contributed by atoms with Crippen molar-refractivity contribution in [2.24, 2.45) is 5.92 Å². The number of benzene rings is 1. The van der Waals surface area contributed by atoms with Crippen molar-refractivity contribution >= 4 is 0 Å². The molecular weight excluding hydrogens is 193 g/mol. The number of halogens is 1. The summed E-state index contributed by atoms with van der Waals surface area (Å²) < 4.78 is 13.0. The van der Waals surface area contributed by atoms with Crippen molar-refractivity contribution in [3.8, 4) is 5.75 Å². The minimum absolute atomic E-state index is 0.287. The van der Waals surface area contributed by atoms with E-state index in [-0.39, 0.29) is 5.75 Å². The molecule has 1 aromatic rings. The van der Waals surface area contributed by atoms with E-state index in [9.17, 15) is 4.39 Å². The van der Waals surface area contributed by atoms with Crippen LogP contribution in [0.15, 0.2) is 18.2 Å². The maximum atomic E-state index is 13.0. The molecule has 0 atom stereocenters. The Morgan fingerprint density at radius 3 is 2.60 bits per heavy atom. The summed E-state index contributed by atoms with van der Waals surface area (Å²) in [5.74, 6) is -0.243. The summed E-state index contributed by atoms with van der Waals surface area (Å²) in [5.41, 5.74) is 0.883. The summed E-state index contributed by atoms with van der Waals surface area (Å²) in [6.07, 6.45) is 0. The number of phenols is 1. The molecule has 1 rings (SSSR count). The Balaban J connectivity index is 2.60. The topological polar surface area (TPSA) is 23.5 Å². The molecule has 84 valence electrons. The van der Waals surface area contributed by atoms with Gasteiger partial charge in [0.15, 0.2) is 11.6 Å². The first-order valence-electron chi connectivity index (χ1n) is 5.15. The highest BCUT2D eigenvalue weighted by Crippen LogP contribution is 2.17. The Morgan fingerprint density at radius 2 is 2.07 bits per heavy atom. The Morgan fingerprint density at radius 1 is 1.40 bits per heavy atom. The van der Waals surface area contributed by atoms with Gasteiger partial charge in [0, 0.05) is 13.1 Å². The predicted molar refractivity (Wildman–Crippen MR) is 59.2 cm³/mol. The Hall–Kier alpha value is -1.09. The third kappa shape index (κ3) is 3.88. The molecule has 3 heteroatoms. The Labute approximate surface area is 90.3 Å². The van der Waals surface area contributed by atoms with Gasteiger partial charge in [-0.1, -0.05) is 19.9 Å². The SMILES string of the molecule is CC(C)CN(C)Cc1ccc(O)c(F)c1. The molecule has 2 nitrogen and oxygen atoms in total. The Kier molecular flexibility index (Phi) is 4.09. The van der Waals surface area contributed by atoms with Crippen LogP contribution in [0.3, 0.4) is 0 Å². The molecule has 0 unspecified atom stereocenters. The van der Waals surface area contributed by atoms with E-state index in [1.807, 2.05) is 7.05 Å². The zero-order valence-electron chi connectivity index (χ0n) is 9.50. The second-order valence-electron chi connectivity index (χ2n) is 4.38. The van der Waals surface area contributed by atoms with Crippen LogP contribution in [0.25, 0.3) is 0 Å². The van der Waals surface area contributed by atoms with Crippen LogP contribution in [0, 0.1) is 11.7 Å². The molecule has 0 heterocycles. The normalized spacial score (nSPS) is 11.3. The first-order chi connectivity index (χ1) is 6.99. The standard InChI is InChI=1S/C12H18FNO/c1-9(2)7-14(3)8-10-4-5-12(15)11(13)6-10/h4-6,9,15H,7-8H2,1-3H3. The molecule has 0 saturated heterocycles. The largest absolute Gasteiger partial charge is 0.505 e. The molecule has 0 fully saturated rings. The quantitative estimate of drug-likeness (QED) is 0.827. The maximum Gasteiger partial charge on any atom is 0.165 e. The van der Waals surface area contributed by atoms with Crippen LogP contribution in [0.5, 0.6) is 5.75 Å². The molecule has 0 spiro atoms. The smallest absolute Gasteiger partial charge is 0.165 e. The first-order valence-corrected chi connectivity index (χ1v) is 5.15. The van der Waals surface area contributed by atoms with E-state index in [0.29, 0.717) is 12.5 Å². The number of rotatable bonds is 4. The van der Waals surface area contributed by atoms with Crippen molar-refractivity contribution in [2.75, 3.05) is 13.6 Å². The van der Waals surface area contributed by atoms with E-state index >= 15 is 0 Å². The summed E-state index contributed by atoms with van der Waals surface area (Å²) in [6, 6.07) is 4.52. The number of hydrogen-bond acceptors (Lipinski definition) is 2. The molecule has 0 aliphatic carbocycles. The maximum absolute atomic E-state index is 13.0. The van der Waals surface area contributed by atoms with Crippen LogP contribution in [-0.2, 0) is 6.54 Å². The van der Waals surface area contributed by atoms with Crippen LogP contribution < -0.4 is 0 Å². The fourth-order valence-corrected chi connectivity index (χ4v) is 1.65.